The quantitative estimate of drug-likeness (QED) is 0.246. The molecule has 1 atom stereocenters. The first kappa shape index (κ1) is 21.2. The Morgan fingerprint density at radius 2 is 2.05 bits per heavy atom. The van der Waals surface area contributed by atoms with Crippen molar-refractivity contribution in [2.75, 3.05) is 14.2 Å². The lowest BCUT2D eigenvalue weighted by Crippen LogP contribution is -2.34. The first-order valence-electron chi connectivity index (χ1n) is 6.55. The number of likely N-dealkylation sites (N-methyl/N-ethyl adjacent to an activating group) is 1. The molecule has 0 heterocycles. The second-order valence-electron chi connectivity index (χ2n) is 4.03. The molecule has 5 heteroatoms. The minimum Gasteiger partial charge on any atom is -0.468 e. The third-order valence-electron chi connectivity index (χ3n) is 2.40. The molecule has 3 N–H and O–H groups in total. The summed E-state index contributed by atoms with van der Waals surface area (Å²) in [6, 6.07) is -0.248. The zero-order valence-corrected chi connectivity index (χ0v) is 13.3. The molecule has 0 aromatic heterocycles. The second kappa shape index (κ2) is 14.3. The van der Waals surface area contributed by atoms with Gasteiger partial charge in [0, 0.05) is 11.3 Å². The number of nitrogens with two attached hydrogens (primary N) is 1. The zero-order chi connectivity index (χ0) is 16.7. The molecular weight excluding hydrogens is 268 g/mol. The van der Waals surface area contributed by atoms with Crippen molar-refractivity contribution in [2.45, 2.75) is 26.3 Å². The molecule has 5 nitrogen and oxygen atoms in total. The van der Waals surface area contributed by atoms with Crippen LogP contribution >= 0.6 is 0 Å². The molecule has 21 heavy (non-hydrogen) atoms. The molecule has 1 unspecified atom stereocenters. The summed E-state index contributed by atoms with van der Waals surface area (Å²) in [7, 11) is 3.08. The van der Waals surface area contributed by atoms with E-state index in [1.165, 1.54) is 7.11 Å². The molecule has 0 amide bonds. The van der Waals surface area contributed by atoms with E-state index < -0.39 is 0 Å². The lowest BCUT2D eigenvalue weighted by Gasteiger charge is -2.09. The van der Waals surface area contributed by atoms with Crippen molar-refractivity contribution in [3.05, 3.63) is 48.2 Å². The predicted molar refractivity (Wildman–Crippen MR) is 86.6 cm³/mol. The summed E-state index contributed by atoms with van der Waals surface area (Å²) in [5.41, 5.74) is 6.48. The summed E-state index contributed by atoms with van der Waals surface area (Å²) in [4.78, 5) is 21.1. The maximum Gasteiger partial charge on any atom is 0.323 e. The van der Waals surface area contributed by atoms with Crippen molar-refractivity contribution in [3.63, 3.8) is 0 Å². The molecule has 0 rings (SSSR count). The Bertz CT molecular complexity index is 406. The minimum atomic E-state index is -0.248. The first-order chi connectivity index (χ1) is 9.98. The van der Waals surface area contributed by atoms with E-state index in [-0.39, 0.29) is 12.0 Å². The summed E-state index contributed by atoms with van der Waals surface area (Å²) in [5.74, 6) is -0.248. The number of carbonyl (C=O) groups excluding carboxylic acids is 2. The van der Waals surface area contributed by atoms with Gasteiger partial charge in [-0.25, -0.2) is 0 Å². The van der Waals surface area contributed by atoms with Crippen molar-refractivity contribution >= 4 is 12.3 Å². The average Bonchev–Trinajstić information content (AvgIpc) is 2.48. The van der Waals surface area contributed by atoms with E-state index in [0.29, 0.717) is 17.7 Å². The van der Waals surface area contributed by atoms with Crippen LogP contribution in [0, 0.1) is 0 Å². The van der Waals surface area contributed by atoms with Gasteiger partial charge in [-0.2, -0.15) is 0 Å². The Labute approximate surface area is 127 Å². The van der Waals surface area contributed by atoms with Crippen molar-refractivity contribution in [3.8, 4) is 0 Å². The monoisotopic (exact) mass is 294 g/mol. The molecular formula is C16H26N2O3. The van der Waals surface area contributed by atoms with Gasteiger partial charge in [-0.15, -0.1) is 6.58 Å². The number of allylic oxidation sites excluding steroid dienone is 6. The average molecular weight is 294 g/mol. The normalized spacial score (nSPS) is 13.1. The number of methoxy groups -OCH3 is 1. The number of hydrogen-bond acceptors (Lipinski definition) is 5. The predicted octanol–water partition coefficient (Wildman–Crippen LogP) is 1.87. The van der Waals surface area contributed by atoms with Gasteiger partial charge in [0.25, 0.3) is 0 Å². The molecule has 0 spiro atoms. The van der Waals surface area contributed by atoms with Crippen LogP contribution in [0.4, 0.5) is 0 Å². The van der Waals surface area contributed by atoms with Gasteiger partial charge in [-0.1, -0.05) is 24.3 Å². The maximum absolute atomic E-state index is 10.8. The SMILES string of the molecule is C=CCC(NC)C(=O)OC.C\C=C/C=C\C(C=O)=C(/C)N. The summed E-state index contributed by atoms with van der Waals surface area (Å²) in [6.45, 7) is 7.12. The van der Waals surface area contributed by atoms with Crippen LogP contribution in [-0.4, -0.2) is 32.5 Å². The van der Waals surface area contributed by atoms with Crippen molar-refractivity contribution in [1.29, 1.82) is 0 Å². The van der Waals surface area contributed by atoms with Gasteiger partial charge in [-0.3, -0.25) is 9.59 Å². The van der Waals surface area contributed by atoms with E-state index in [1.54, 1.807) is 32.2 Å². The standard InChI is InChI=1S/C9H13NO.C7H13NO2/c1-3-4-5-6-9(7-11)8(2)10;1-4-5-6(8-2)7(9)10-3/h3-7H,10H2,1-2H3;4,6,8H,1,5H2,2-3H3/b4-3-,6-5-,9-8-;. The van der Waals surface area contributed by atoms with E-state index in [0.717, 1.165) is 6.29 Å². The lowest BCUT2D eigenvalue weighted by atomic mass is 10.2. The number of esters is 1. The molecule has 0 aromatic rings. The second-order valence-corrected chi connectivity index (χ2v) is 4.03. The summed E-state index contributed by atoms with van der Waals surface area (Å²) in [6.07, 6.45) is 10.2. The highest BCUT2D eigenvalue weighted by molar-refractivity contribution is 5.78. The Morgan fingerprint density at radius 1 is 1.43 bits per heavy atom. The molecule has 0 aliphatic carbocycles. The number of nitrogens with one attached hydrogen (secondary N) is 1. The number of carbonyl (C=O) groups is 2. The highest BCUT2D eigenvalue weighted by Gasteiger charge is 2.13. The van der Waals surface area contributed by atoms with Gasteiger partial charge in [0.15, 0.2) is 6.29 Å². The van der Waals surface area contributed by atoms with Crippen LogP contribution in [0.25, 0.3) is 0 Å². The van der Waals surface area contributed by atoms with Crippen LogP contribution < -0.4 is 11.1 Å². The zero-order valence-electron chi connectivity index (χ0n) is 13.3. The van der Waals surface area contributed by atoms with Gasteiger partial charge in [0.05, 0.1) is 7.11 Å². The Morgan fingerprint density at radius 3 is 2.38 bits per heavy atom. The third kappa shape index (κ3) is 11.4. The fourth-order valence-corrected chi connectivity index (χ4v) is 1.17. The summed E-state index contributed by atoms with van der Waals surface area (Å²) >= 11 is 0. The van der Waals surface area contributed by atoms with E-state index in [4.69, 9.17) is 5.73 Å². The Kier molecular flexibility index (Phi) is 14.4. The van der Waals surface area contributed by atoms with E-state index in [9.17, 15) is 9.59 Å². The molecule has 0 aliphatic rings. The number of aldehydes is 1. The van der Waals surface area contributed by atoms with Gasteiger partial charge < -0.3 is 15.8 Å². The molecule has 0 saturated heterocycles. The van der Waals surface area contributed by atoms with Crippen LogP contribution in [0.2, 0.25) is 0 Å². The first-order valence-corrected chi connectivity index (χ1v) is 6.55. The van der Waals surface area contributed by atoms with Crippen LogP contribution in [-0.2, 0) is 14.3 Å². The van der Waals surface area contributed by atoms with Gasteiger partial charge >= 0.3 is 5.97 Å². The molecule has 118 valence electrons. The Balaban J connectivity index is 0. The van der Waals surface area contributed by atoms with Crippen molar-refractivity contribution in [1.82, 2.24) is 5.32 Å². The lowest BCUT2D eigenvalue weighted by molar-refractivity contribution is -0.142. The maximum atomic E-state index is 10.8. The summed E-state index contributed by atoms with van der Waals surface area (Å²) in [5, 5.41) is 2.81. The van der Waals surface area contributed by atoms with Crippen molar-refractivity contribution < 1.29 is 14.3 Å². The molecule has 0 aliphatic heterocycles. The van der Waals surface area contributed by atoms with Gasteiger partial charge in [0.1, 0.15) is 6.04 Å². The fourth-order valence-electron chi connectivity index (χ4n) is 1.17. The third-order valence-corrected chi connectivity index (χ3v) is 2.40. The highest BCUT2D eigenvalue weighted by Crippen LogP contribution is 1.96. The number of hydrogen-bond donors (Lipinski definition) is 2. The topological polar surface area (TPSA) is 81.4 Å². The van der Waals surface area contributed by atoms with Crippen LogP contribution in [0.1, 0.15) is 20.3 Å². The fraction of sp³-hybridized carbons (Fsp3) is 0.375. The van der Waals surface area contributed by atoms with E-state index in [1.807, 2.05) is 19.1 Å². The Hall–Kier alpha value is -2.14. The number of ether oxygens (including phenoxy) is 1. The smallest absolute Gasteiger partial charge is 0.323 e. The number of rotatable bonds is 7. The molecule has 0 saturated carbocycles. The molecule has 0 radical (unpaired) electrons. The largest absolute Gasteiger partial charge is 0.468 e. The minimum absolute atomic E-state index is 0.248. The molecule has 0 aromatic carbocycles. The summed E-state index contributed by atoms with van der Waals surface area (Å²) < 4.78 is 4.51. The van der Waals surface area contributed by atoms with E-state index >= 15 is 0 Å². The molecule has 0 bridgehead atoms. The highest BCUT2D eigenvalue weighted by atomic mass is 16.5. The van der Waals surface area contributed by atoms with Gasteiger partial charge in [0.2, 0.25) is 0 Å². The van der Waals surface area contributed by atoms with Crippen LogP contribution in [0.3, 0.4) is 0 Å². The van der Waals surface area contributed by atoms with Gasteiger partial charge in [-0.05, 0) is 33.4 Å². The van der Waals surface area contributed by atoms with E-state index in [2.05, 4.69) is 16.6 Å². The van der Waals surface area contributed by atoms with Crippen LogP contribution in [0.15, 0.2) is 48.2 Å². The molecule has 0 fully saturated rings. The van der Waals surface area contributed by atoms with Crippen molar-refractivity contribution in [2.24, 2.45) is 5.73 Å². The van der Waals surface area contributed by atoms with Crippen LogP contribution in [0.5, 0.6) is 0 Å².